The molecule has 0 aromatic carbocycles. The molecule has 0 bridgehead atoms. The van der Waals surface area contributed by atoms with Crippen LogP contribution in [0.5, 0.6) is 0 Å². The highest BCUT2D eigenvalue weighted by Crippen LogP contribution is 2.28. The number of nitrogens with zero attached hydrogens (tertiary/aromatic N) is 2. The summed E-state index contributed by atoms with van der Waals surface area (Å²) >= 11 is 0. The van der Waals surface area contributed by atoms with E-state index in [4.69, 9.17) is 4.52 Å². The minimum absolute atomic E-state index is 0.0799. The van der Waals surface area contributed by atoms with Crippen LogP contribution in [0.3, 0.4) is 0 Å². The Labute approximate surface area is 142 Å². The Morgan fingerprint density at radius 1 is 1.17 bits per heavy atom. The van der Waals surface area contributed by atoms with Crippen molar-refractivity contribution in [1.82, 2.24) is 14.8 Å². The van der Waals surface area contributed by atoms with Crippen molar-refractivity contribution in [3.8, 4) is 0 Å². The molecule has 1 aliphatic heterocycles. The van der Waals surface area contributed by atoms with E-state index in [1.807, 2.05) is 0 Å². The van der Waals surface area contributed by atoms with Crippen LogP contribution in [0.4, 0.5) is 0 Å². The predicted octanol–water partition coefficient (Wildman–Crippen LogP) is 1.75. The summed E-state index contributed by atoms with van der Waals surface area (Å²) in [5.41, 5.74) is 0.383. The van der Waals surface area contributed by atoms with Gasteiger partial charge in [0.2, 0.25) is 15.9 Å². The Bertz CT molecular complexity index is 679. The molecule has 2 aliphatic rings. The number of carbonyl (C=O) groups is 1. The molecule has 0 radical (unpaired) electrons. The van der Waals surface area contributed by atoms with Crippen LogP contribution in [-0.4, -0.2) is 42.9 Å². The molecule has 1 saturated carbocycles. The smallest absolute Gasteiger partial charge is 0.248 e. The van der Waals surface area contributed by atoms with E-state index in [0.29, 0.717) is 43.4 Å². The largest absolute Gasteiger partial charge is 0.360 e. The number of aryl methyl sites for hydroxylation is 2. The highest BCUT2D eigenvalue weighted by Gasteiger charge is 2.35. The van der Waals surface area contributed by atoms with Crippen molar-refractivity contribution in [2.45, 2.75) is 63.3 Å². The van der Waals surface area contributed by atoms with E-state index in [0.717, 1.165) is 12.8 Å². The van der Waals surface area contributed by atoms with E-state index in [9.17, 15) is 13.2 Å². The maximum absolute atomic E-state index is 12.8. The lowest BCUT2D eigenvalue weighted by molar-refractivity contribution is -0.126. The van der Waals surface area contributed by atoms with E-state index in [-0.39, 0.29) is 16.7 Å². The Balaban J connectivity index is 1.61. The maximum Gasteiger partial charge on any atom is 0.248 e. The third-order valence-electron chi connectivity index (χ3n) is 5.09. The average molecular weight is 355 g/mol. The zero-order valence-electron chi connectivity index (χ0n) is 14.2. The molecule has 0 atom stereocenters. The first kappa shape index (κ1) is 17.4. The van der Waals surface area contributed by atoms with Crippen LogP contribution in [0.1, 0.15) is 50.0 Å². The number of carbonyl (C=O) groups excluding carboxylic acids is 1. The van der Waals surface area contributed by atoms with Crippen LogP contribution in [0.15, 0.2) is 9.42 Å². The van der Waals surface area contributed by atoms with Gasteiger partial charge in [-0.05, 0) is 39.5 Å². The molecule has 7 nitrogen and oxygen atoms in total. The Morgan fingerprint density at radius 2 is 1.79 bits per heavy atom. The van der Waals surface area contributed by atoms with E-state index >= 15 is 0 Å². The molecule has 134 valence electrons. The zero-order valence-corrected chi connectivity index (χ0v) is 15.1. The van der Waals surface area contributed by atoms with Crippen molar-refractivity contribution >= 4 is 15.9 Å². The quantitative estimate of drug-likeness (QED) is 0.888. The first-order valence-corrected chi connectivity index (χ1v) is 10.1. The molecule has 2 fully saturated rings. The first-order valence-electron chi connectivity index (χ1n) is 8.63. The van der Waals surface area contributed by atoms with E-state index in [1.165, 1.54) is 17.1 Å². The second kappa shape index (κ2) is 6.84. The van der Waals surface area contributed by atoms with Crippen LogP contribution < -0.4 is 5.32 Å². The van der Waals surface area contributed by atoms with Gasteiger partial charge in [-0.2, -0.15) is 4.31 Å². The van der Waals surface area contributed by atoms with Crippen LogP contribution in [0, 0.1) is 19.8 Å². The van der Waals surface area contributed by atoms with Gasteiger partial charge in [-0.1, -0.05) is 18.0 Å². The third-order valence-corrected chi connectivity index (χ3v) is 7.24. The minimum Gasteiger partial charge on any atom is -0.360 e. The van der Waals surface area contributed by atoms with Crippen LogP contribution >= 0.6 is 0 Å². The lowest BCUT2D eigenvalue weighted by atomic mass is 9.97. The maximum atomic E-state index is 12.8. The fourth-order valence-electron chi connectivity index (χ4n) is 3.72. The number of hydrogen-bond donors (Lipinski definition) is 1. The van der Waals surface area contributed by atoms with Gasteiger partial charge in [0.15, 0.2) is 5.76 Å². The normalized spacial score (nSPS) is 21.2. The summed E-state index contributed by atoms with van der Waals surface area (Å²) in [5, 5.41) is 6.85. The molecule has 1 aliphatic carbocycles. The van der Waals surface area contributed by atoms with Crippen molar-refractivity contribution in [3.63, 3.8) is 0 Å². The molecular formula is C16H25N3O4S. The summed E-state index contributed by atoms with van der Waals surface area (Å²) < 4.78 is 32.0. The highest BCUT2D eigenvalue weighted by molar-refractivity contribution is 7.89. The van der Waals surface area contributed by atoms with Gasteiger partial charge in [0, 0.05) is 25.0 Å². The van der Waals surface area contributed by atoms with Gasteiger partial charge in [-0.25, -0.2) is 8.42 Å². The van der Waals surface area contributed by atoms with Crippen molar-refractivity contribution in [2.75, 3.05) is 13.1 Å². The van der Waals surface area contributed by atoms with Gasteiger partial charge >= 0.3 is 0 Å². The molecule has 0 unspecified atom stereocenters. The van der Waals surface area contributed by atoms with E-state index in [2.05, 4.69) is 10.5 Å². The standard InChI is InChI=1S/C16H25N3O4S/c1-11-15(12(2)23-18-11)24(21,22)19-9-7-13(8-10-19)16(20)17-14-5-3-4-6-14/h13-14H,3-10H2,1-2H3,(H,17,20). The predicted molar refractivity (Wildman–Crippen MR) is 87.9 cm³/mol. The summed E-state index contributed by atoms with van der Waals surface area (Å²) in [4.78, 5) is 12.5. The minimum atomic E-state index is -3.61. The van der Waals surface area contributed by atoms with Gasteiger partial charge in [0.25, 0.3) is 0 Å². The Hall–Kier alpha value is -1.41. The summed E-state index contributed by atoms with van der Waals surface area (Å²) in [6.07, 6.45) is 5.59. The van der Waals surface area contributed by atoms with Crippen molar-refractivity contribution in [2.24, 2.45) is 5.92 Å². The van der Waals surface area contributed by atoms with Crippen LogP contribution in [0.25, 0.3) is 0 Å². The molecule has 1 N–H and O–H groups in total. The number of rotatable bonds is 4. The Morgan fingerprint density at radius 3 is 2.33 bits per heavy atom. The molecule has 24 heavy (non-hydrogen) atoms. The second-order valence-electron chi connectivity index (χ2n) is 6.82. The topological polar surface area (TPSA) is 92.5 Å². The first-order chi connectivity index (χ1) is 11.4. The number of aromatic nitrogens is 1. The van der Waals surface area contributed by atoms with Crippen LogP contribution in [-0.2, 0) is 14.8 Å². The number of piperidine rings is 1. The number of hydrogen-bond acceptors (Lipinski definition) is 5. The molecule has 1 aromatic heterocycles. The van der Waals surface area contributed by atoms with Gasteiger partial charge in [-0.3, -0.25) is 4.79 Å². The van der Waals surface area contributed by atoms with E-state index < -0.39 is 10.0 Å². The van der Waals surface area contributed by atoms with Crippen molar-refractivity contribution in [3.05, 3.63) is 11.5 Å². The van der Waals surface area contributed by atoms with E-state index in [1.54, 1.807) is 13.8 Å². The monoisotopic (exact) mass is 355 g/mol. The lowest BCUT2D eigenvalue weighted by Gasteiger charge is -2.31. The highest BCUT2D eigenvalue weighted by atomic mass is 32.2. The summed E-state index contributed by atoms with van der Waals surface area (Å²) in [5.74, 6) is 0.298. The fraction of sp³-hybridized carbons (Fsp3) is 0.750. The molecule has 1 aromatic rings. The van der Waals surface area contributed by atoms with Gasteiger partial charge < -0.3 is 9.84 Å². The van der Waals surface area contributed by atoms with Gasteiger partial charge in [0.1, 0.15) is 10.6 Å². The third kappa shape index (κ3) is 3.35. The summed E-state index contributed by atoms with van der Waals surface area (Å²) in [6, 6.07) is 0.307. The lowest BCUT2D eigenvalue weighted by Crippen LogP contribution is -2.45. The number of amides is 1. The second-order valence-corrected chi connectivity index (χ2v) is 8.70. The molecule has 0 spiro atoms. The summed E-state index contributed by atoms with van der Waals surface area (Å²) in [7, 11) is -3.61. The molecule has 1 amide bonds. The van der Waals surface area contributed by atoms with Crippen molar-refractivity contribution < 1.29 is 17.7 Å². The Kier molecular flexibility index (Phi) is 4.96. The molecule has 3 rings (SSSR count). The van der Waals surface area contributed by atoms with Gasteiger partial charge in [-0.15, -0.1) is 0 Å². The van der Waals surface area contributed by atoms with Crippen LogP contribution in [0.2, 0.25) is 0 Å². The SMILES string of the molecule is Cc1noc(C)c1S(=O)(=O)N1CCC(C(=O)NC2CCCC2)CC1. The molecule has 1 saturated heterocycles. The number of sulfonamides is 1. The molecule has 2 heterocycles. The zero-order chi connectivity index (χ0) is 17.3. The fourth-order valence-corrected chi connectivity index (χ4v) is 5.48. The number of nitrogens with one attached hydrogen (secondary N) is 1. The van der Waals surface area contributed by atoms with Gasteiger partial charge in [0.05, 0.1) is 0 Å². The molecular weight excluding hydrogens is 330 g/mol. The molecule has 8 heteroatoms. The van der Waals surface area contributed by atoms with Crippen molar-refractivity contribution in [1.29, 1.82) is 0 Å². The summed E-state index contributed by atoms with van der Waals surface area (Å²) in [6.45, 7) is 3.95. The average Bonchev–Trinajstić information content (AvgIpc) is 3.17.